The molecule has 2 heterocycles. The molecule has 0 unspecified atom stereocenters. The molecule has 2 fully saturated rings. The highest BCUT2D eigenvalue weighted by atomic mass is 32.2. The molecule has 0 radical (unpaired) electrons. The van der Waals surface area contributed by atoms with Gasteiger partial charge in [-0.25, -0.2) is 0 Å². The lowest BCUT2D eigenvalue weighted by Crippen LogP contribution is -2.45. The normalized spacial score (nSPS) is 22.4. The second-order valence-corrected chi connectivity index (χ2v) is 38.0. The van der Waals surface area contributed by atoms with Crippen molar-refractivity contribution in [1.82, 2.24) is 0 Å². The monoisotopic (exact) mass is 1220 g/mol. The van der Waals surface area contributed by atoms with Crippen molar-refractivity contribution in [2.75, 3.05) is 14.2 Å². The number of hydrogen-bond acceptors (Lipinski definition) is 13. The van der Waals surface area contributed by atoms with Gasteiger partial charge in [0.15, 0.2) is 8.32 Å². The number of carbonyl (C=O) groups excluding carboxylic acids is 2. The summed E-state index contributed by atoms with van der Waals surface area (Å²) in [5.41, 5.74) is -5.31. The summed E-state index contributed by atoms with van der Waals surface area (Å²) in [7, 11) is -7.03. The molecular formula is C61H99F3O11S3Si2. The number of benzene rings is 2. The van der Waals surface area contributed by atoms with Gasteiger partial charge in [-0.1, -0.05) is 117 Å². The van der Waals surface area contributed by atoms with Crippen LogP contribution in [-0.2, 0) is 37.5 Å². The third-order valence-corrected chi connectivity index (χ3v) is 27.0. The first-order chi connectivity index (χ1) is 36.9. The van der Waals surface area contributed by atoms with Crippen molar-refractivity contribution in [3.63, 3.8) is 0 Å². The van der Waals surface area contributed by atoms with Crippen LogP contribution in [0.1, 0.15) is 179 Å². The number of methoxy groups -OCH3 is 2. The molecule has 2 aliphatic carbocycles. The van der Waals surface area contributed by atoms with Crippen molar-refractivity contribution in [3.8, 4) is 0 Å². The quantitative estimate of drug-likeness (QED) is 0.0237. The fourth-order valence-corrected chi connectivity index (χ4v) is 17.7. The molecule has 456 valence electrons. The lowest BCUT2D eigenvalue weighted by molar-refractivity contribution is -0.141. The third kappa shape index (κ3) is 22.4. The number of aliphatic hydroxyl groups excluding tert-OH is 3. The van der Waals surface area contributed by atoms with Crippen molar-refractivity contribution in [2.45, 2.75) is 231 Å². The average Bonchev–Trinajstić information content (AvgIpc) is 4.13. The van der Waals surface area contributed by atoms with E-state index in [4.69, 9.17) is 9.16 Å². The minimum Gasteiger partial charge on any atom is -0.469 e. The van der Waals surface area contributed by atoms with Crippen LogP contribution in [0.4, 0.5) is 13.2 Å². The maximum Gasteiger partial charge on any atom is 0.522 e. The second kappa shape index (κ2) is 32.5. The fraction of sp³-hybridized carbons (Fsp3) is 0.705. The summed E-state index contributed by atoms with van der Waals surface area (Å²) in [4.78, 5) is 25.1. The Morgan fingerprint density at radius 1 is 0.675 bits per heavy atom. The first-order valence-corrected chi connectivity index (χ1v) is 38.1. The van der Waals surface area contributed by atoms with Crippen molar-refractivity contribution in [1.29, 1.82) is 0 Å². The number of rotatable bonds is 26. The maximum absolute atomic E-state index is 11.7. The van der Waals surface area contributed by atoms with Crippen LogP contribution in [0, 0.1) is 29.6 Å². The molecule has 0 aliphatic heterocycles. The van der Waals surface area contributed by atoms with Gasteiger partial charge in [0, 0.05) is 38.1 Å². The van der Waals surface area contributed by atoms with Crippen LogP contribution in [0.25, 0.3) is 20.2 Å². The summed E-state index contributed by atoms with van der Waals surface area (Å²) in [5, 5.41) is 34.4. The van der Waals surface area contributed by atoms with Gasteiger partial charge in [0.2, 0.25) is 8.32 Å². The van der Waals surface area contributed by atoms with Crippen molar-refractivity contribution >= 4 is 81.5 Å². The van der Waals surface area contributed by atoms with E-state index in [0.717, 1.165) is 61.1 Å². The molecule has 4 aromatic rings. The van der Waals surface area contributed by atoms with Crippen molar-refractivity contribution in [2.24, 2.45) is 29.6 Å². The number of fused-ring (bicyclic) bond motifs is 2. The molecular weight excluding hydrogens is 1120 g/mol. The van der Waals surface area contributed by atoms with Gasteiger partial charge >= 0.3 is 27.6 Å². The van der Waals surface area contributed by atoms with Gasteiger partial charge in [-0.3, -0.25) is 9.59 Å². The van der Waals surface area contributed by atoms with Crippen LogP contribution >= 0.6 is 22.7 Å². The van der Waals surface area contributed by atoms with Gasteiger partial charge < -0.3 is 33.1 Å². The Bertz CT molecular complexity index is 2510. The Morgan fingerprint density at radius 2 is 1.12 bits per heavy atom. The van der Waals surface area contributed by atoms with Crippen LogP contribution < -0.4 is 0 Å². The molecule has 3 N–H and O–H groups in total. The van der Waals surface area contributed by atoms with Crippen LogP contribution in [0.3, 0.4) is 0 Å². The number of hydrogen-bond donors (Lipinski definition) is 3. The lowest BCUT2D eigenvalue weighted by Gasteiger charge is -2.40. The predicted octanol–water partition coefficient (Wildman–Crippen LogP) is 16.9. The van der Waals surface area contributed by atoms with E-state index >= 15 is 0 Å². The zero-order valence-corrected chi connectivity index (χ0v) is 53.7. The van der Waals surface area contributed by atoms with E-state index in [1.54, 1.807) is 11.3 Å². The molecule has 0 amide bonds. The van der Waals surface area contributed by atoms with E-state index in [-0.39, 0.29) is 36.2 Å². The van der Waals surface area contributed by atoms with Gasteiger partial charge in [0.1, 0.15) is 0 Å². The SMILES string of the molecule is C.COC(=O)CCCCCC[C@@H]1[C@@H](CC[C@@H](C)c2cc3ccccc3s2)[C@H](C)C[C@@H]1O[Si](C)(C)C(C)(C)C.COC(=O)CCCCCC[C@@H]1[C@@H](CC[C@@H](O)c2cc3ccccc3s2)[C@H](O)C[C@@H]1O.C[Si](C)(C)OS(=O)(=O)C(F)(F)F. The van der Waals surface area contributed by atoms with Crippen LogP contribution in [-0.4, -0.2) is 90.4 Å². The maximum atomic E-state index is 11.7. The zero-order chi connectivity index (χ0) is 58.9. The first-order valence-electron chi connectivity index (χ1n) is 28.7. The van der Waals surface area contributed by atoms with E-state index < -0.39 is 50.6 Å². The molecule has 0 spiro atoms. The Balaban J connectivity index is 0.000000350. The number of alkyl halides is 3. The molecule has 11 nitrogen and oxygen atoms in total. The number of unbranched alkanes of at least 4 members (excludes halogenated alkanes) is 6. The molecule has 2 aromatic heterocycles. The molecule has 19 heteroatoms. The lowest BCUT2D eigenvalue weighted by atomic mass is 9.81. The number of ether oxygens (including phenoxy) is 2. The van der Waals surface area contributed by atoms with Gasteiger partial charge in [-0.2, -0.15) is 21.6 Å². The summed E-state index contributed by atoms with van der Waals surface area (Å²) in [5.74, 6) is 2.56. The topological polar surface area (TPSA) is 166 Å². The summed E-state index contributed by atoms with van der Waals surface area (Å²) >= 11 is 3.59. The molecule has 0 bridgehead atoms. The van der Waals surface area contributed by atoms with E-state index in [0.29, 0.717) is 56.0 Å². The van der Waals surface area contributed by atoms with Gasteiger partial charge in [0.05, 0.1) is 32.5 Å². The average molecular weight is 1220 g/mol. The molecule has 10 atom stereocenters. The van der Waals surface area contributed by atoms with Gasteiger partial charge in [-0.05, 0) is 173 Å². The highest BCUT2D eigenvalue weighted by molar-refractivity contribution is 7.88. The molecule has 2 saturated carbocycles. The van der Waals surface area contributed by atoms with Crippen molar-refractivity contribution in [3.05, 3.63) is 70.4 Å². The fourth-order valence-electron chi connectivity index (χ4n) is 11.1. The van der Waals surface area contributed by atoms with Crippen LogP contribution in [0.15, 0.2) is 60.7 Å². The second-order valence-electron chi connectivity index (χ2n) is 24.8. The summed E-state index contributed by atoms with van der Waals surface area (Å²) < 4.78 is 78.8. The minimum atomic E-state index is -5.39. The van der Waals surface area contributed by atoms with E-state index in [9.17, 15) is 46.5 Å². The first kappa shape index (κ1) is 71.5. The number of thiophene rings is 2. The Hall–Kier alpha value is -2.73. The van der Waals surface area contributed by atoms with Crippen LogP contribution in [0.2, 0.25) is 37.8 Å². The largest absolute Gasteiger partial charge is 0.522 e. The summed E-state index contributed by atoms with van der Waals surface area (Å²) in [6.45, 7) is 20.9. The van der Waals surface area contributed by atoms with E-state index in [2.05, 4.69) is 105 Å². The van der Waals surface area contributed by atoms with Crippen molar-refractivity contribution < 1.29 is 64.3 Å². The molecule has 6 rings (SSSR count). The Morgan fingerprint density at radius 3 is 1.59 bits per heavy atom. The molecule has 0 saturated heterocycles. The van der Waals surface area contributed by atoms with E-state index in [1.807, 2.05) is 23.5 Å². The predicted molar refractivity (Wildman–Crippen MR) is 328 cm³/mol. The highest BCUT2D eigenvalue weighted by Crippen LogP contribution is 2.49. The summed E-state index contributed by atoms with van der Waals surface area (Å²) in [6, 6.07) is 21.4. The number of esters is 2. The number of halogens is 3. The summed E-state index contributed by atoms with van der Waals surface area (Å²) in [6.07, 6.45) is 15.8. The standard InChI is InChI=1S/C32H52O3SSi.C24H34O5S.C4H9F3O3SSi.CH4/c1-23(30-22-25-15-13-14-17-29(25)36-30)19-20-26-24(2)21-28(35-37(7,8)32(3,4)5)27(26)16-11-9-10-12-18-31(33)34-6;1-29-24(28)11-5-3-2-4-9-17-18(21(27)15-20(17)26)12-13-19(25)23-14-16-8-6-7-10-22(16)30-23;1-12(2,3)10-11(8,9)4(5,6)7;/h13-15,17,22-24,26-28H,9-12,16,18-21H2,1-8H3;6-8,10,14,17-21,25-27H,2-5,9,11-13,15H2,1H3;1-3H3;1H4/t23-,24-,26+,27-,28+;17-,18-,19-,20+,21-;;/m11../s1. The third-order valence-electron chi connectivity index (χ3n) is 16.5. The van der Waals surface area contributed by atoms with Gasteiger partial charge in [0.25, 0.3) is 0 Å². The number of aliphatic hydroxyl groups is 3. The van der Waals surface area contributed by atoms with Gasteiger partial charge in [-0.15, -0.1) is 22.7 Å². The molecule has 80 heavy (non-hydrogen) atoms. The number of carbonyl (C=O) groups is 2. The highest BCUT2D eigenvalue weighted by Gasteiger charge is 2.50. The molecule has 2 aliphatic rings. The minimum absolute atomic E-state index is 0. The zero-order valence-electron chi connectivity index (χ0n) is 49.2. The molecule has 2 aromatic carbocycles. The Kier molecular flexibility index (Phi) is 29.1. The van der Waals surface area contributed by atoms with E-state index in [1.165, 1.54) is 92.0 Å². The Labute approximate surface area is 488 Å². The van der Waals surface area contributed by atoms with Crippen LogP contribution in [0.5, 0.6) is 0 Å². The smallest absolute Gasteiger partial charge is 0.469 e.